The molecule has 5 heteroatoms. The molecule has 1 rings (SSSR count). The van der Waals surface area contributed by atoms with Gasteiger partial charge in [-0.3, -0.25) is 0 Å². The molecule has 0 saturated carbocycles. The predicted molar refractivity (Wildman–Crippen MR) is 83.8 cm³/mol. The summed E-state index contributed by atoms with van der Waals surface area (Å²) in [6.45, 7) is 1.70. The third-order valence-corrected chi connectivity index (χ3v) is 3.67. The summed E-state index contributed by atoms with van der Waals surface area (Å²) in [7, 11) is 5.34. The van der Waals surface area contributed by atoms with Crippen molar-refractivity contribution in [3.63, 3.8) is 0 Å². The van der Waals surface area contributed by atoms with Gasteiger partial charge in [0.05, 0.1) is 52.4 Å². The Labute approximate surface area is 132 Å². The van der Waals surface area contributed by atoms with E-state index in [4.69, 9.17) is 20.0 Å². The van der Waals surface area contributed by atoms with Crippen LogP contribution in [0.5, 0.6) is 11.5 Å². The van der Waals surface area contributed by atoms with E-state index in [2.05, 4.69) is 19.2 Å². The second-order valence-corrected chi connectivity index (χ2v) is 5.37. The van der Waals surface area contributed by atoms with Gasteiger partial charge in [-0.05, 0) is 24.1 Å². The van der Waals surface area contributed by atoms with Gasteiger partial charge < -0.3 is 14.4 Å². The molecule has 1 aromatic carbocycles. The van der Waals surface area contributed by atoms with Crippen LogP contribution in [0.25, 0.3) is 0 Å². The lowest BCUT2D eigenvalue weighted by molar-refractivity contribution is -0.882. The topological polar surface area (TPSA) is 70.5 Å². The Hall–Kier alpha value is -2.24. The number of nitrogens with one attached hydrogen (secondary N) is 1. The van der Waals surface area contributed by atoms with Crippen molar-refractivity contribution in [1.82, 2.24) is 0 Å². The maximum absolute atomic E-state index is 9.11. The summed E-state index contributed by atoms with van der Waals surface area (Å²) in [6.07, 6.45) is 2.00. The normalized spacial score (nSPS) is 12.8. The number of nitrogens with zero attached hydrogens (tertiary/aromatic N) is 2. The molecule has 0 saturated heterocycles. The average molecular weight is 302 g/mol. The van der Waals surface area contributed by atoms with Gasteiger partial charge in [-0.2, -0.15) is 10.5 Å². The maximum atomic E-state index is 9.11. The predicted octanol–water partition coefficient (Wildman–Crippen LogP) is 1.20. The Morgan fingerprint density at radius 1 is 1.18 bits per heavy atom. The van der Waals surface area contributed by atoms with Crippen molar-refractivity contribution in [3.05, 3.63) is 23.8 Å². The highest BCUT2D eigenvalue weighted by Gasteiger charge is 2.14. The quantitative estimate of drug-likeness (QED) is 0.744. The Balaban J connectivity index is 2.52. The maximum Gasteiger partial charge on any atom is 0.160 e. The Morgan fingerprint density at radius 3 is 2.50 bits per heavy atom. The van der Waals surface area contributed by atoms with E-state index in [9.17, 15) is 0 Å². The first-order valence-electron chi connectivity index (χ1n) is 7.43. The molecule has 0 aliphatic carbocycles. The number of likely N-dealkylation sites (N-methyl/N-ethyl adjacent to an activating group) is 1. The van der Waals surface area contributed by atoms with Crippen molar-refractivity contribution in [2.75, 3.05) is 34.4 Å². The zero-order valence-corrected chi connectivity index (χ0v) is 13.6. The monoisotopic (exact) mass is 302 g/mol. The van der Waals surface area contributed by atoms with Crippen molar-refractivity contribution in [2.24, 2.45) is 5.92 Å². The fourth-order valence-corrected chi connectivity index (χ4v) is 2.37. The molecule has 0 amide bonds. The van der Waals surface area contributed by atoms with Crippen LogP contribution in [0.4, 0.5) is 0 Å². The van der Waals surface area contributed by atoms with Crippen LogP contribution in [0.3, 0.4) is 0 Å². The minimum absolute atomic E-state index is 0.0509. The third kappa shape index (κ3) is 5.63. The molecule has 2 atom stereocenters. The smallest absolute Gasteiger partial charge is 0.160 e. The van der Waals surface area contributed by atoms with E-state index in [1.54, 1.807) is 14.2 Å². The number of benzene rings is 1. The van der Waals surface area contributed by atoms with E-state index < -0.39 is 0 Å². The zero-order chi connectivity index (χ0) is 16.4. The van der Waals surface area contributed by atoms with Gasteiger partial charge >= 0.3 is 0 Å². The second-order valence-electron chi connectivity index (χ2n) is 5.37. The Morgan fingerprint density at radius 2 is 1.91 bits per heavy atom. The molecule has 0 bridgehead atoms. The van der Waals surface area contributed by atoms with E-state index in [0.29, 0.717) is 12.8 Å². The molecule has 118 valence electrons. The van der Waals surface area contributed by atoms with Crippen molar-refractivity contribution in [2.45, 2.75) is 19.3 Å². The van der Waals surface area contributed by atoms with Crippen LogP contribution >= 0.6 is 0 Å². The third-order valence-electron chi connectivity index (χ3n) is 3.67. The van der Waals surface area contributed by atoms with Gasteiger partial charge in [-0.15, -0.1) is 0 Å². The van der Waals surface area contributed by atoms with Gasteiger partial charge in [0.15, 0.2) is 11.5 Å². The zero-order valence-electron chi connectivity index (χ0n) is 13.6. The minimum Gasteiger partial charge on any atom is -0.493 e. The first-order chi connectivity index (χ1) is 10.6. The molecule has 1 unspecified atom stereocenters. The van der Waals surface area contributed by atoms with Gasteiger partial charge in [0.2, 0.25) is 0 Å². The number of hydrogen-bond donors (Lipinski definition) is 1. The van der Waals surface area contributed by atoms with Crippen LogP contribution in [0.1, 0.15) is 18.4 Å². The van der Waals surface area contributed by atoms with Crippen molar-refractivity contribution < 1.29 is 14.4 Å². The highest BCUT2D eigenvalue weighted by atomic mass is 16.5. The molecular formula is C17H24N3O2+. The summed E-state index contributed by atoms with van der Waals surface area (Å²) in [4.78, 5) is 1.29. The van der Waals surface area contributed by atoms with Crippen LogP contribution in [0.2, 0.25) is 0 Å². The van der Waals surface area contributed by atoms with Crippen LogP contribution in [0, 0.1) is 28.6 Å². The number of nitriles is 2. The number of methoxy groups -OCH3 is 2. The second kappa shape index (κ2) is 9.65. The summed E-state index contributed by atoms with van der Waals surface area (Å²) < 4.78 is 10.5. The van der Waals surface area contributed by atoms with Crippen LogP contribution in [-0.2, 0) is 6.42 Å². The van der Waals surface area contributed by atoms with Gasteiger partial charge in [0, 0.05) is 12.8 Å². The van der Waals surface area contributed by atoms with Crippen molar-refractivity contribution in [3.8, 4) is 23.6 Å². The molecule has 1 aromatic rings. The minimum atomic E-state index is -0.0509. The van der Waals surface area contributed by atoms with E-state index in [0.717, 1.165) is 31.0 Å². The lowest BCUT2D eigenvalue weighted by Gasteiger charge is -2.17. The molecular weight excluding hydrogens is 278 g/mol. The molecule has 5 nitrogen and oxygen atoms in total. The first kappa shape index (κ1) is 17.8. The molecule has 0 aromatic heterocycles. The summed E-state index contributed by atoms with van der Waals surface area (Å²) in [5.74, 6) is 1.42. The standard InChI is InChI=1S/C17H23N3O2/c1-20(13-15(12-19)5-4-9-18)10-8-14-6-7-16(21-2)17(11-14)22-3/h6-7,11,15H,4-5,8,10,13H2,1-3H3/p+1/t15-/m1/s1. The van der Waals surface area contributed by atoms with Gasteiger partial charge in [0.25, 0.3) is 0 Å². The highest BCUT2D eigenvalue weighted by Crippen LogP contribution is 2.27. The molecule has 22 heavy (non-hydrogen) atoms. The molecule has 0 heterocycles. The number of hydrogen-bond acceptors (Lipinski definition) is 4. The van der Waals surface area contributed by atoms with Crippen LogP contribution in [-0.4, -0.2) is 34.4 Å². The molecule has 0 radical (unpaired) electrons. The molecule has 0 spiro atoms. The van der Waals surface area contributed by atoms with Crippen molar-refractivity contribution >= 4 is 0 Å². The van der Waals surface area contributed by atoms with Gasteiger partial charge in [-0.25, -0.2) is 0 Å². The lowest BCUT2D eigenvalue weighted by Crippen LogP contribution is -3.10. The summed E-state index contributed by atoms with van der Waals surface area (Å²) >= 11 is 0. The van der Waals surface area contributed by atoms with E-state index in [1.807, 2.05) is 18.2 Å². The van der Waals surface area contributed by atoms with E-state index >= 15 is 0 Å². The number of quaternary nitrogens is 1. The molecule has 0 aliphatic rings. The van der Waals surface area contributed by atoms with E-state index in [-0.39, 0.29) is 5.92 Å². The fourth-order valence-electron chi connectivity index (χ4n) is 2.37. The fraction of sp³-hybridized carbons (Fsp3) is 0.529. The average Bonchev–Trinajstić information content (AvgIpc) is 2.56. The van der Waals surface area contributed by atoms with Crippen LogP contribution < -0.4 is 14.4 Å². The van der Waals surface area contributed by atoms with Gasteiger partial charge in [0.1, 0.15) is 0 Å². The number of ether oxygens (including phenoxy) is 2. The SMILES string of the molecule is COc1ccc(CC[NH+](C)C[C@@H](C#N)CCC#N)cc1OC. The Kier molecular flexibility index (Phi) is 7.81. The molecule has 0 fully saturated rings. The van der Waals surface area contributed by atoms with Crippen molar-refractivity contribution in [1.29, 1.82) is 10.5 Å². The van der Waals surface area contributed by atoms with Crippen LogP contribution in [0.15, 0.2) is 18.2 Å². The lowest BCUT2D eigenvalue weighted by atomic mass is 10.0. The Bertz CT molecular complexity index is 546. The summed E-state index contributed by atoms with van der Waals surface area (Å²) in [5, 5.41) is 17.7. The van der Waals surface area contributed by atoms with Gasteiger partial charge in [-0.1, -0.05) is 6.07 Å². The largest absolute Gasteiger partial charge is 0.493 e. The molecule has 0 aliphatic heterocycles. The summed E-state index contributed by atoms with van der Waals surface area (Å²) in [5.41, 5.74) is 1.18. The summed E-state index contributed by atoms with van der Waals surface area (Å²) in [6, 6.07) is 10.3. The number of rotatable bonds is 9. The first-order valence-corrected chi connectivity index (χ1v) is 7.43. The highest BCUT2D eigenvalue weighted by molar-refractivity contribution is 5.42. The van der Waals surface area contributed by atoms with E-state index in [1.165, 1.54) is 10.5 Å². The molecule has 1 N–H and O–H groups in total.